The maximum atomic E-state index is 13.8. The summed E-state index contributed by atoms with van der Waals surface area (Å²) in [6.07, 6.45) is 3.29. The molecule has 0 radical (unpaired) electrons. The number of aromatic nitrogens is 1. The van der Waals surface area contributed by atoms with Gasteiger partial charge in [0.1, 0.15) is 11.1 Å². The van der Waals surface area contributed by atoms with Crippen LogP contribution in [0.25, 0.3) is 10.9 Å². The van der Waals surface area contributed by atoms with Gasteiger partial charge in [-0.3, -0.25) is 4.98 Å². The van der Waals surface area contributed by atoms with Crippen LogP contribution >= 0.6 is 0 Å². The van der Waals surface area contributed by atoms with E-state index in [2.05, 4.69) is 25.8 Å². The number of hydrogen-bond donors (Lipinski definition) is 0. The van der Waals surface area contributed by atoms with Crippen molar-refractivity contribution in [2.45, 2.75) is 59.1 Å². The van der Waals surface area contributed by atoms with Crippen LogP contribution in [-0.2, 0) is 4.74 Å². The van der Waals surface area contributed by atoms with Gasteiger partial charge in [-0.15, -0.1) is 0 Å². The van der Waals surface area contributed by atoms with Gasteiger partial charge in [0.2, 0.25) is 5.90 Å². The van der Waals surface area contributed by atoms with Crippen LogP contribution in [0.1, 0.15) is 53.0 Å². The summed E-state index contributed by atoms with van der Waals surface area (Å²) in [5.74, 6) is -1.31. The molecule has 1 atom stereocenters. The molecule has 1 aromatic heterocycles. The van der Waals surface area contributed by atoms with Crippen LogP contribution in [0.2, 0.25) is 0 Å². The smallest absolute Gasteiger partial charge is 0.218 e. The van der Waals surface area contributed by atoms with Gasteiger partial charge in [-0.2, -0.15) is 0 Å². The minimum atomic E-state index is -0.929. The van der Waals surface area contributed by atoms with Crippen molar-refractivity contribution in [2.24, 2.45) is 10.4 Å². The van der Waals surface area contributed by atoms with E-state index in [-0.39, 0.29) is 22.6 Å². The van der Waals surface area contributed by atoms with E-state index in [4.69, 9.17) is 9.73 Å². The fraction of sp³-hybridized carbons (Fsp3) is 0.500. The van der Waals surface area contributed by atoms with Crippen molar-refractivity contribution in [3.05, 3.63) is 41.6 Å². The average molecular weight is 346 g/mol. The molecule has 1 aromatic carbocycles. The van der Waals surface area contributed by atoms with Crippen LogP contribution in [0.5, 0.6) is 0 Å². The summed E-state index contributed by atoms with van der Waals surface area (Å²) in [4.78, 5) is 8.85. The van der Waals surface area contributed by atoms with Crippen LogP contribution in [0.4, 0.5) is 8.78 Å². The highest BCUT2D eigenvalue weighted by molar-refractivity contribution is 5.97. The van der Waals surface area contributed by atoms with Gasteiger partial charge < -0.3 is 4.74 Å². The van der Waals surface area contributed by atoms with E-state index in [0.717, 1.165) is 18.9 Å². The van der Waals surface area contributed by atoms with Gasteiger partial charge in [0.05, 0.1) is 11.6 Å². The van der Waals surface area contributed by atoms with Crippen molar-refractivity contribution in [3.8, 4) is 0 Å². The van der Waals surface area contributed by atoms with Crippen molar-refractivity contribution in [3.63, 3.8) is 0 Å². The quantitative estimate of drug-likeness (QED) is 0.743. The molecule has 0 N–H and O–H groups in total. The van der Waals surface area contributed by atoms with Crippen molar-refractivity contribution >= 4 is 16.8 Å². The van der Waals surface area contributed by atoms with E-state index in [1.54, 1.807) is 6.07 Å². The molecule has 1 aliphatic rings. The van der Waals surface area contributed by atoms with Crippen LogP contribution in [0.3, 0.4) is 0 Å². The summed E-state index contributed by atoms with van der Waals surface area (Å²) in [5.41, 5.74) is 0.529. The molecule has 0 amide bonds. The predicted molar refractivity (Wildman–Crippen MR) is 95.8 cm³/mol. The third-order valence-corrected chi connectivity index (χ3v) is 4.24. The first-order chi connectivity index (χ1) is 11.5. The Labute approximate surface area is 147 Å². The monoisotopic (exact) mass is 346 g/mol. The molecule has 0 saturated heterocycles. The van der Waals surface area contributed by atoms with E-state index < -0.39 is 11.6 Å². The van der Waals surface area contributed by atoms with Crippen LogP contribution < -0.4 is 0 Å². The molecule has 2 heterocycles. The van der Waals surface area contributed by atoms with E-state index in [9.17, 15) is 8.78 Å². The summed E-state index contributed by atoms with van der Waals surface area (Å²) in [6.45, 7) is 10.7. The Bertz CT molecular complexity index is 837. The zero-order valence-corrected chi connectivity index (χ0v) is 15.4. The number of rotatable bonds is 2. The second-order valence-electron chi connectivity index (χ2n) is 8.58. The number of pyridine rings is 1. The van der Waals surface area contributed by atoms with Crippen LogP contribution in [-0.4, -0.2) is 22.5 Å². The number of halogens is 2. The van der Waals surface area contributed by atoms with Crippen molar-refractivity contribution in [1.29, 1.82) is 0 Å². The molecule has 2 aromatic rings. The van der Waals surface area contributed by atoms with Gasteiger partial charge in [0.25, 0.3) is 0 Å². The van der Waals surface area contributed by atoms with Gasteiger partial charge in [-0.05, 0) is 43.9 Å². The molecule has 25 heavy (non-hydrogen) atoms. The lowest BCUT2D eigenvalue weighted by Crippen LogP contribution is -2.39. The molecule has 5 heteroatoms. The highest BCUT2D eigenvalue weighted by Gasteiger charge is 2.34. The van der Waals surface area contributed by atoms with Gasteiger partial charge in [0.15, 0.2) is 11.6 Å². The highest BCUT2D eigenvalue weighted by atomic mass is 19.2. The Morgan fingerprint density at radius 3 is 2.64 bits per heavy atom. The second-order valence-corrected chi connectivity index (χ2v) is 8.58. The molecule has 0 bridgehead atoms. The molecule has 0 fully saturated rings. The van der Waals surface area contributed by atoms with E-state index in [1.165, 1.54) is 12.3 Å². The minimum Gasteiger partial charge on any atom is -0.471 e. The van der Waals surface area contributed by atoms with E-state index >= 15 is 0 Å². The van der Waals surface area contributed by atoms with Crippen molar-refractivity contribution in [1.82, 2.24) is 4.98 Å². The molecule has 0 saturated carbocycles. The molecule has 134 valence electrons. The average Bonchev–Trinajstić information content (AvgIpc) is 2.47. The first-order valence-corrected chi connectivity index (χ1v) is 8.55. The van der Waals surface area contributed by atoms with Gasteiger partial charge in [-0.1, -0.05) is 20.8 Å². The number of aliphatic imine (C=N–C) groups is 1. The maximum Gasteiger partial charge on any atom is 0.218 e. The zero-order chi connectivity index (χ0) is 18.4. The number of ether oxygens (including phenoxy) is 1. The molecular formula is C20H24F2N2O. The molecule has 1 unspecified atom stereocenters. The largest absolute Gasteiger partial charge is 0.471 e. The third-order valence-electron chi connectivity index (χ3n) is 4.24. The second kappa shape index (κ2) is 6.04. The lowest BCUT2D eigenvalue weighted by Gasteiger charge is -2.36. The highest BCUT2D eigenvalue weighted by Crippen LogP contribution is 2.33. The predicted octanol–water partition coefficient (Wildman–Crippen LogP) is 5.26. The first-order valence-electron chi connectivity index (χ1n) is 8.55. The van der Waals surface area contributed by atoms with E-state index in [0.29, 0.717) is 16.8 Å². The fourth-order valence-corrected chi connectivity index (χ4v) is 3.33. The molecule has 1 aliphatic heterocycles. The summed E-state index contributed by atoms with van der Waals surface area (Å²) >= 11 is 0. The molecule has 0 spiro atoms. The van der Waals surface area contributed by atoms with Gasteiger partial charge >= 0.3 is 0 Å². The summed E-state index contributed by atoms with van der Waals surface area (Å²) < 4.78 is 33.2. The number of benzene rings is 1. The summed E-state index contributed by atoms with van der Waals surface area (Å²) in [5, 5.41) is 0.526. The lowest BCUT2D eigenvalue weighted by atomic mass is 9.83. The Morgan fingerprint density at radius 1 is 1.24 bits per heavy atom. The Morgan fingerprint density at radius 2 is 1.96 bits per heavy atom. The molecular weight excluding hydrogens is 322 g/mol. The SMILES string of the molecule is CC(C)(C)CC1CC(C)(C)OC(c2cnc3c(F)c(F)ccc3c2)=N1. The van der Waals surface area contributed by atoms with Crippen molar-refractivity contribution < 1.29 is 13.5 Å². The van der Waals surface area contributed by atoms with E-state index in [1.807, 2.05) is 13.8 Å². The van der Waals surface area contributed by atoms with Gasteiger partial charge in [-0.25, -0.2) is 13.8 Å². The minimum absolute atomic E-state index is 0.0191. The lowest BCUT2D eigenvalue weighted by molar-refractivity contribution is 0.0569. The summed E-state index contributed by atoms with van der Waals surface area (Å²) in [7, 11) is 0. The maximum absolute atomic E-state index is 13.8. The van der Waals surface area contributed by atoms with Gasteiger partial charge in [0, 0.05) is 18.0 Å². The third kappa shape index (κ3) is 3.97. The molecule has 0 aliphatic carbocycles. The Kier molecular flexibility index (Phi) is 4.30. The standard InChI is InChI=1S/C20H24F2N2O/c1-19(2,3)9-14-10-20(4,5)25-18(24-14)13-8-12-6-7-15(21)16(22)17(12)23-11-13/h6-8,11,14H,9-10H2,1-5H3. The van der Waals surface area contributed by atoms with Crippen LogP contribution in [0.15, 0.2) is 29.4 Å². The fourth-order valence-electron chi connectivity index (χ4n) is 3.33. The van der Waals surface area contributed by atoms with Crippen molar-refractivity contribution in [2.75, 3.05) is 0 Å². The zero-order valence-electron chi connectivity index (χ0n) is 15.4. The Hall–Kier alpha value is -2.04. The summed E-state index contributed by atoms with van der Waals surface area (Å²) in [6, 6.07) is 4.53. The van der Waals surface area contributed by atoms with Crippen LogP contribution in [0, 0.1) is 17.0 Å². The topological polar surface area (TPSA) is 34.5 Å². The normalized spacial score (nSPS) is 20.3. The number of hydrogen-bond acceptors (Lipinski definition) is 3. The Balaban J connectivity index is 2.01. The number of nitrogens with zero attached hydrogens (tertiary/aromatic N) is 2. The molecule has 3 rings (SSSR count). The number of fused-ring (bicyclic) bond motifs is 1. The molecule has 3 nitrogen and oxygen atoms in total. The first kappa shape index (κ1) is 17.8.